The second-order valence-electron chi connectivity index (χ2n) is 5.22. The van der Waals surface area contributed by atoms with Gasteiger partial charge in [0.2, 0.25) is 0 Å². The van der Waals surface area contributed by atoms with E-state index < -0.39 is 0 Å². The molecule has 0 fully saturated rings. The van der Waals surface area contributed by atoms with Gasteiger partial charge in [0.15, 0.2) is 5.96 Å². The number of para-hydroxylation sites is 1. The maximum absolute atomic E-state index is 5.86. The fraction of sp³-hybridized carbons (Fsp3) is 0.562. The van der Waals surface area contributed by atoms with Gasteiger partial charge < -0.3 is 15.4 Å². The van der Waals surface area contributed by atoms with Crippen molar-refractivity contribution in [3.63, 3.8) is 0 Å². The summed E-state index contributed by atoms with van der Waals surface area (Å²) < 4.78 is 5.86. The Kier molecular flexibility index (Phi) is 10.2. The summed E-state index contributed by atoms with van der Waals surface area (Å²) in [5.74, 6) is 1.85. The fourth-order valence-corrected chi connectivity index (χ4v) is 1.95. The van der Waals surface area contributed by atoms with Gasteiger partial charge in [-0.1, -0.05) is 18.2 Å². The lowest BCUT2D eigenvalue weighted by Crippen LogP contribution is -2.41. The number of aryl methyl sites for hydroxylation is 2. The number of benzene rings is 1. The highest BCUT2D eigenvalue weighted by Crippen LogP contribution is 2.22. The minimum Gasteiger partial charge on any atom is -0.493 e. The van der Waals surface area contributed by atoms with Crippen LogP contribution in [0.25, 0.3) is 0 Å². The predicted octanol–water partition coefficient (Wildman–Crippen LogP) is 3.26. The zero-order chi connectivity index (χ0) is 15.0. The third-order valence-electron chi connectivity index (χ3n) is 2.92. The van der Waals surface area contributed by atoms with Gasteiger partial charge in [-0.15, -0.1) is 24.0 Å². The first-order valence-corrected chi connectivity index (χ1v) is 7.20. The van der Waals surface area contributed by atoms with Crippen molar-refractivity contribution in [3.8, 4) is 5.75 Å². The van der Waals surface area contributed by atoms with Crippen LogP contribution >= 0.6 is 24.0 Å². The molecule has 1 rings (SSSR count). The van der Waals surface area contributed by atoms with Gasteiger partial charge in [-0.05, 0) is 45.2 Å². The van der Waals surface area contributed by atoms with Crippen LogP contribution in [-0.2, 0) is 0 Å². The number of nitrogens with one attached hydrogen (secondary N) is 2. The molecule has 0 bridgehead atoms. The second kappa shape index (κ2) is 10.7. The molecule has 0 amide bonds. The monoisotopic (exact) mass is 405 g/mol. The van der Waals surface area contributed by atoms with Crippen LogP contribution < -0.4 is 15.4 Å². The zero-order valence-electron chi connectivity index (χ0n) is 13.7. The van der Waals surface area contributed by atoms with E-state index in [1.807, 2.05) is 0 Å². The van der Waals surface area contributed by atoms with Gasteiger partial charge in [0, 0.05) is 19.6 Å². The Bertz CT molecular complexity index is 427. The van der Waals surface area contributed by atoms with Gasteiger partial charge in [0.1, 0.15) is 5.75 Å². The maximum atomic E-state index is 5.86. The van der Waals surface area contributed by atoms with E-state index in [2.05, 4.69) is 61.5 Å². The third kappa shape index (κ3) is 7.55. The Hall–Kier alpha value is -0.980. The number of nitrogens with zero attached hydrogens (tertiary/aromatic N) is 1. The molecule has 0 saturated heterocycles. The summed E-state index contributed by atoms with van der Waals surface area (Å²) in [7, 11) is 1.78. The molecule has 0 atom stereocenters. The Morgan fingerprint density at radius 2 is 1.86 bits per heavy atom. The molecule has 0 unspecified atom stereocenters. The van der Waals surface area contributed by atoms with Crippen LogP contribution in [0.4, 0.5) is 0 Å². The van der Waals surface area contributed by atoms with E-state index in [4.69, 9.17) is 4.74 Å². The molecule has 0 heterocycles. The molecule has 0 aromatic heterocycles. The van der Waals surface area contributed by atoms with E-state index in [0.29, 0.717) is 12.6 Å². The predicted molar refractivity (Wildman–Crippen MR) is 101 cm³/mol. The molecule has 0 aliphatic rings. The van der Waals surface area contributed by atoms with E-state index >= 15 is 0 Å². The topological polar surface area (TPSA) is 45.7 Å². The minimum absolute atomic E-state index is 0. The number of hydrogen-bond donors (Lipinski definition) is 2. The van der Waals surface area contributed by atoms with Crippen LogP contribution in [0, 0.1) is 13.8 Å². The van der Waals surface area contributed by atoms with Gasteiger partial charge >= 0.3 is 0 Å². The SMILES string of the molecule is CN=C(NCCCOc1c(C)cccc1C)NC(C)C.I. The fourth-order valence-electron chi connectivity index (χ4n) is 1.95. The van der Waals surface area contributed by atoms with Crippen molar-refractivity contribution in [2.75, 3.05) is 20.2 Å². The first-order valence-electron chi connectivity index (χ1n) is 7.20. The lowest BCUT2D eigenvalue weighted by atomic mass is 10.1. The number of rotatable bonds is 6. The summed E-state index contributed by atoms with van der Waals surface area (Å²) in [5, 5.41) is 6.53. The Morgan fingerprint density at radius 3 is 2.38 bits per heavy atom. The first kappa shape index (κ1) is 20.0. The van der Waals surface area contributed by atoms with E-state index in [0.717, 1.165) is 24.7 Å². The van der Waals surface area contributed by atoms with Crippen molar-refractivity contribution in [1.82, 2.24) is 10.6 Å². The molecular weight excluding hydrogens is 377 g/mol. The van der Waals surface area contributed by atoms with E-state index in [-0.39, 0.29) is 24.0 Å². The van der Waals surface area contributed by atoms with Crippen molar-refractivity contribution >= 4 is 29.9 Å². The molecule has 2 N–H and O–H groups in total. The molecular formula is C16H28IN3O. The van der Waals surface area contributed by atoms with Crippen LogP contribution in [-0.4, -0.2) is 32.2 Å². The molecule has 0 spiro atoms. The summed E-state index contributed by atoms with van der Waals surface area (Å²) >= 11 is 0. The van der Waals surface area contributed by atoms with Gasteiger partial charge in [-0.3, -0.25) is 4.99 Å². The summed E-state index contributed by atoms with van der Waals surface area (Å²) in [5.41, 5.74) is 2.38. The summed E-state index contributed by atoms with van der Waals surface area (Å²) in [6.07, 6.45) is 0.937. The molecule has 1 aromatic carbocycles. The molecule has 21 heavy (non-hydrogen) atoms. The van der Waals surface area contributed by atoms with Crippen molar-refractivity contribution in [2.24, 2.45) is 4.99 Å². The molecule has 120 valence electrons. The zero-order valence-corrected chi connectivity index (χ0v) is 16.0. The second-order valence-corrected chi connectivity index (χ2v) is 5.22. The van der Waals surface area contributed by atoms with Crippen LogP contribution in [0.3, 0.4) is 0 Å². The lowest BCUT2D eigenvalue weighted by molar-refractivity contribution is 0.307. The van der Waals surface area contributed by atoms with Gasteiger partial charge in [-0.2, -0.15) is 0 Å². The van der Waals surface area contributed by atoms with Crippen LogP contribution in [0.5, 0.6) is 5.75 Å². The smallest absolute Gasteiger partial charge is 0.191 e. The number of guanidine groups is 1. The minimum atomic E-state index is 0. The highest BCUT2D eigenvalue weighted by Gasteiger charge is 2.03. The average Bonchev–Trinajstić information content (AvgIpc) is 2.39. The highest BCUT2D eigenvalue weighted by atomic mass is 127. The highest BCUT2D eigenvalue weighted by molar-refractivity contribution is 14.0. The molecule has 4 nitrogen and oxygen atoms in total. The summed E-state index contributed by atoms with van der Waals surface area (Å²) in [4.78, 5) is 4.17. The molecule has 0 aliphatic carbocycles. The van der Waals surface area contributed by atoms with Gasteiger partial charge in [0.05, 0.1) is 6.61 Å². The Balaban J connectivity index is 0.00000400. The first-order chi connectivity index (χ1) is 9.54. The number of ether oxygens (including phenoxy) is 1. The van der Waals surface area contributed by atoms with Gasteiger partial charge in [0.25, 0.3) is 0 Å². The van der Waals surface area contributed by atoms with Crippen molar-refractivity contribution in [2.45, 2.75) is 40.2 Å². The van der Waals surface area contributed by atoms with E-state index in [1.165, 1.54) is 11.1 Å². The standard InChI is InChI=1S/C16H27N3O.HI/c1-12(2)19-16(17-5)18-10-7-11-20-15-13(3)8-6-9-14(15)4;/h6,8-9,12H,7,10-11H2,1-5H3,(H2,17,18,19);1H. The lowest BCUT2D eigenvalue weighted by Gasteiger charge is -2.15. The molecule has 5 heteroatoms. The number of hydrogen-bond acceptors (Lipinski definition) is 2. The normalized spacial score (nSPS) is 11.0. The molecule has 0 saturated carbocycles. The molecule has 1 aromatic rings. The Labute approximate surface area is 145 Å². The summed E-state index contributed by atoms with van der Waals surface area (Å²) in [6.45, 7) is 9.90. The Morgan fingerprint density at radius 1 is 1.24 bits per heavy atom. The van der Waals surface area contributed by atoms with E-state index in [9.17, 15) is 0 Å². The molecule has 0 radical (unpaired) electrons. The van der Waals surface area contributed by atoms with Crippen LogP contribution in [0.1, 0.15) is 31.4 Å². The number of aliphatic imine (C=N–C) groups is 1. The van der Waals surface area contributed by atoms with Crippen molar-refractivity contribution < 1.29 is 4.74 Å². The molecule has 0 aliphatic heterocycles. The quantitative estimate of drug-likeness (QED) is 0.331. The maximum Gasteiger partial charge on any atom is 0.191 e. The third-order valence-corrected chi connectivity index (χ3v) is 2.92. The van der Waals surface area contributed by atoms with E-state index in [1.54, 1.807) is 7.05 Å². The van der Waals surface area contributed by atoms with Crippen molar-refractivity contribution in [1.29, 1.82) is 0 Å². The largest absolute Gasteiger partial charge is 0.493 e. The van der Waals surface area contributed by atoms with Crippen molar-refractivity contribution in [3.05, 3.63) is 29.3 Å². The van der Waals surface area contributed by atoms with Crippen LogP contribution in [0.2, 0.25) is 0 Å². The number of halogens is 1. The average molecular weight is 405 g/mol. The summed E-state index contributed by atoms with van der Waals surface area (Å²) in [6, 6.07) is 6.59. The van der Waals surface area contributed by atoms with Crippen LogP contribution in [0.15, 0.2) is 23.2 Å². The van der Waals surface area contributed by atoms with Gasteiger partial charge in [-0.25, -0.2) is 0 Å².